The fourth-order valence-electron chi connectivity index (χ4n) is 2.36. The predicted octanol–water partition coefficient (Wildman–Crippen LogP) is 2.39. The van der Waals surface area contributed by atoms with Crippen molar-refractivity contribution >= 4 is 28.9 Å². The van der Waals surface area contributed by atoms with Crippen molar-refractivity contribution in [3.05, 3.63) is 41.5 Å². The third kappa shape index (κ3) is 4.41. The third-order valence-corrected chi connectivity index (χ3v) is 3.82. The number of halogens is 1. The zero-order valence-electron chi connectivity index (χ0n) is 13.0. The molecule has 1 aliphatic heterocycles. The molecule has 7 heteroatoms. The molecular weight excluding hydrogens is 317 g/mol. The van der Waals surface area contributed by atoms with Crippen molar-refractivity contribution in [3.8, 4) is 0 Å². The summed E-state index contributed by atoms with van der Waals surface area (Å²) < 4.78 is 18.0. The highest BCUT2D eigenvalue weighted by molar-refractivity contribution is 7.81. The van der Waals surface area contributed by atoms with Crippen molar-refractivity contribution in [2.45, 2.75) is 19.8 Å². The highest BCUT2D eigenvalue weighted by Gasteiger charge is 2.25. The second-order valence-electron chi connectivity index (χ2n) is 5.14. The van der Waals surface area contributed by atoms with Gasteiger partial charge in [0.25, 0.3) is 0 Å². The summed E-state index contributed by atoms with van der Waals surface area (Å²) in [4.78, 5) is 14.3. The van der Waals surface area contributed by atoms with E-state index in [0.29, 0.717) is 11.5 Å². The summed E-state index contributed by atoms with van der Waals surface area (Å²) >= 11 is 5.32. The van der Waals surface area contributed by atoms with Crippen LogP contribution in [0.5, 0.6) is 0 Å². The van der Waals surface area contributed by atoms with Gasteiger partial charge in [-0.05, 0) is 44.0 Å². The summed E-state index contributed by atoms with van der Waals surface area (Å²) in [6.07, 6.45) is 2.05. The first-order chi connectivity index (χ1) is 11.0. The van der Waals surface area contributed by atoms with Crippen LogP contribution in [0.2, 0.25) is 0 Å². The average molecular weight is 337 g/mol. The van der Waals surface area contributed by atoms with E-state index in [1.54, 1.807) is 6.92 Å². The number of thiocarbonyl (C=S) groups is 1. The fourth-order valence-corrected chi connectivity index (χ4v) is 2.67. The van der Waals surface area contributed by atoms with Crippen molar-refractivity contribution in [1.29, 1.82) is 0 Å². The van der Waals surface area contributed by atoms with E-state index < -0.39 is 5.97 Å². The monoisotopic (exact) mass is 337 g/mol. The number of nitrogens with two attached hydrogens (primary N) is 1. The molecule has 2 rings (SSSR count). The van der Waals surface area contributed by atoms with E-state index in [-0.39, 0.29) is 23.0 Å². The quantitative estimate of drug-likeness (QED) is 0.489. The molecule has 23 heavy (non-hydrogen) atoms. The number of anilines is 1. The Balaban J connectivity index is 2.25. The number of rotatable bonds is 5. The molecule has 1 heterocycles. The average Bonchev–Trinajstić information content (AvgIpc) is 3.04. The second kappa shape index (κ2) is 7.92. The van der Waals surface area contributed by atoms with Gasteiger partial charge in [-0.1, -0.05) is 12.2 Å². The van der Waals surface area contributed by atoms with E-state index in [1.165, 1.54) is 24.3 Å². The molecule has 3 N–H and O–H groups in total. The second-order valence-corrected chi connectivity index (χ2v) is 5.54. The number of ether oxygens (including phenoxy) is 1. The Morgan fingerprint density at radius 1 is 1.35 bits per heavy atom. The highest BCUT2D eigenvalue weighted by Crippen LogP contribution is 2.18. The number of carbonyl (C=O) groups is 1. The Morgan fingerprint density at radius 2 is 1.96 bits per heavy atom. The molecule has 1 aromatic carbocycles. The zero-order valence-corrected chi connectivity index (χ0v) is 13.8. The number of likely N-dealkylation sites (tertiary alicyclic amines) is 1. The minimum atomic E-state index is -0.559. The van der Waals surface area contributed by atoms with Crippen molar-refractivity contribution in [2.24, 2.45) is 5.73 Å². The van der Waals surface area contributed by atoms with Crippen LogP contribution in [0.4, 0.5) is 10.1 Å². The van der Waals surface area contributed by atoms with Crippen LogP contribution >= 0.6 is 12.2 Å². The lowest BCUT2D eigenvalue weighted by Gasteiger charge is -2.21. The van der Waals surface area contributed by atoms with Crippen LogP contribution in [0.15, 0.2) is 35.7 Å². The molecule has 0 saturated carbocycles. The van der Waals surface area contributed by atoms with E-state index in [2.05, 4.69) is 5.32 Å². The van der Waals surface area contributed by atoms with E-state index in [0.717, 1.165) is 25.9 Å². The molecule has 0 amide bonds. The van der Waals surface area contributed by atoms with Crippen LogP contribution in [0.1, 0.15) is 19.8 Å². The van der Waals surface area contributed by atoms with Gasteiger partial charge in [0, 0.05) is 18.8 Å². The van der Waals surface area contributed by atoms with Crippen molar-refractivity contribution < 1.29 is 13.9 Å². The first-order valence-corrected chi connectivity index (χ1v) is 7.92. The van der Waals surface area contributed by atoms with E-state index in [4.69, 9.17) is 22.7 Å². The van der Waals surface area contributed by atoms with Gasteiger partial charge in [0.2, 0.25) is 0 Å². The minimum absolute atomic E-state index is 0.146. The number of benzene rings is 1. The Bertz CT molecular complexity index is 610. The van der Waals surface area contributed by atoms with E-state index in [1.807, 2.05) is 4.90 Å². The normalized spacial score (nSPS) is 15.1. The number of hydrogen-bond donors (Lipinski definition) is 2. The van der Waals surface area contributed by atoms with Gasteiger partial charge < -0.3 is 20.7 Å². The molecule has 1 aromatic rings. The van der Waals surface area contributed by atoms with Gasteiger partial charge in [0.1, 0.15) is 22.2 Å². The molecule has 124 valence electrons. The standard InChI is InChI=1S/C16H20FN3O2S/c1-2-22-16(21)13(14(18)20-9-3-4-10-20)15(23)19-12-7-5-11(17)6-8-12/h5-8H,2-4,9-10,18H2,1H3,(H,19,23)/b14-13-. The van der Waals surface area contributed by atoms with Crippen LogP contribution < -0.4 is 11.1 Å². The topological polar surface area (TPSA) is 67.6 Å². The molecule has 1 saturated heterocycles. The largest absolute Gasteiger partial charge is 0.462 e. The lowest BCUT2D eigenvalue weighted by atomic mass is 10.2. The van der Waals surface area contributed by atoms with Gasteiger partial charge in [0.15, 0.2) is 0 Å². The first kappa shape index (κ1) is 17.2. The van der Waals surface area contributed by atoms with E-state index >= 15 is 0 Å². The number of hydrogen-bond acceptors (Lipinski definition) is 5. The molecule has 5 nitrogen and oxygen atoms in total. The van der Waals surface area contributed by atoms with Crippen molar-refractivity contribution in [2.75, 3.05) is 25.0 Å². The van der Waals surface area contributed by atoms with Crippen molar-refractivity contribution in [3.63, 3.8) is 0 Å². The summed E-state index contributed by atoms with van der Waals surface area (Å²) in [6.45, 7) is 3.52. The fraction of sp³-hybridized carbons (Fsp3) is 0.375. The zero-order chi connectivity index (χ0) is 16.8. The number of carbonyl (C=O) groups excluding carboxylic acids is 1. The Kier molecular flexibility index (Phi) is 5.92. The molecule has 0 spiro atoms. The predicted molar refractivity (Wildman–Crippen MR) is 91.3 cm³/mol. The van der Waals surface area contributed by atoms with Crippen LogP contribution in [0.3, 0.4) is 0 Å². The van der Waals surface area contributed by atoms with Gasteiger partial charge >= 0.3 is 5.97 Å². The maximum absolute atomic E-state index is 13.0. The molecule has 0 aliphatic carbocycles. The van der Waals surface area contributed by atoms with Crippen LogP contribution in [-0.4, -0.2) is 35.6 Å². The van der Waals surface area contributed by atoms with Gasteiger partial charge in [0.05, 0.1) is 6.61 Å². The summed E-state index contributed by atoms with van der Waals surface area (Å²) in [5.74, 6) is -0.587. The highest BCUT2D eigenvalue weighted by atomic mass is 32.1. The molecule has 0 bridgehead atoms. The summed E-state index contributed by atoms with van der Waals surface area (Å²) in [5, 5.41) is 2.91. The van der Waals surface area contributed by atoms with Crippen molar-refractivity contribution in [1.82, 2.24) is 4.90 Å². The van der Waals surface area contributed by atoms with Crippen LogP contribution in [-0.2, 0) is 9.53 Å². The minimum Gasteiger partial charge on any atom is -0.462 e. The molecule has 1 fully saturated rings. The summed E-state index contributed by atoms with van der Waals surface area (Å²) in [5.41, 5.74) is 6.87. The summed E-state index contributed by atoms with van der Waals surface area (Å²) in [7, 11) is 0. The Labute approximate surface area is 140 Å². The van der Waals surface area contributed by atoms with Crippen LogP contribution in [0, 0.1) is 5.82 Å². The lowest BCUT2D eigenvalue weighted by molar-refractivity contribution is -0.138. The van der Waals surface area contributed by atoms with Gasteiger partial charge in [-0.25, -0.2) is 9.18 Å². The smallest absolute Gasteiger partial charge is 0.344 e. The van der Waals surface area contributed by atoms with Gasteiger partial charge in [-0.2, -0.15) is 0 Å². The molecule has 0 atom stereocenters. The maximum atomic E-state index is 13.0. The summed E-state index contributed by atoms with van der Waals surface area (Å²) in [6, 6.07) is 5.69. The van der Waals surface area contributed by atoms with Crippen LogP contribution in [0.25, 0.3) is 0 Å². The number of esters is 1. The third-order valence-electron chi connectivity index (χ3n) is 3.51. The molecule has 0 radical (unpaired) electrons. The van der Waals surface area contributed by atoms with E-state index in [9.17, 15) is 9.18 Å². The molecular formula is C16H20FN3O2S. The Hall–Kier alpha value is -2.15. The Morgan fingerprint density at radius 3 is 2.52 bits per heavy atom. The SMILES string of the molecule is CCOC(=O)/C(C(=S)Nc1ccc(F)cc1)=C(/N)N1CCCC1. The molecule has 0 aromatic heterocycles. The molecule has 1 aliphatic rings. The number of nitrogens with one attached hydrogen (secondary N) is 1. The van der Waals surface area contributed by atoms with Gasteiger partial charge in [-0.15, -0.1) is 0 Å². The lowest BCUT2D eigenvalue weighted by Crippen LogP contribution is -2.33. The first-order valence-electron chi connectivity index (χ1n) is 7.51. The molecule has 0 unspecified atom stereocenters. The van der Waals surface area contributed by atoms with Gasteiger partial charge in [-0.3, -0.25) is 0 Å². The number of nitrogens with zero attached hydrogens (tertiary/aromatic N) is 1. The maximum Gasteiger partial charge on any atom is 0.344 e.